The molecule has 2 aromatic carbocycles. The molecule has 0 spiro atoms. The van der Waals surface area contributed by atoms with Gasteiger partial charge in [-0.25, -0.2) is 0 Å². The summed E-state index contributed by atoms with van der Waals surface area (Å²) in [5.74, 6) is 0.468. The molecule has 1 aliphatic carbocycles. The van der Waals surface area contributed by atoms with Crippen molar-refractivity contribution in [3.8, 4) is 22.4 Å². The maximum absolute atomic E-state index is 12.0. The average Bonchev–Trinajstić information content (AvgIpc) is 3.26. The van der Waals surface area contributed by atoms with E-state index >= 15 is 0 Å². The molecule has 3 aromatic rings. The monoisotopic (exact) mass is 389 g/mol. The summed E-state index contributed by atoms with van der Waals surface area (Å²) in [6.07, 6.45) is 4.65. The fourth-order valence-corrected chi connectivity index (χ4v) is 4.12. The van der Waals surface area contributed by atoms with Crippen molar-refractivity contribution in [1.82, 2.24) is 15.5 Å². The van der Waals surface area contributed by atoms with Crippen LogP contribution in [0.2, 0.25) is 0 Å². The van der Waals surface area contributed by atoms with Crippen molar-refractivity contribution in [2.45, 2.75) is 36.8 Å². The molecule has 5 heteroatoms. The van der Waals surface area contributed by atoms with Crippen LogP contribution < -0.4 is 5.32 Å². The van der Waals surface area contributed by atoms with Crippen LogP contribution in [0.25, 0.3) is 22.4 Å². The molecule has 1 heterocycles. The first-order valence-electron chi connectivity index (χ1n) is 9.70. The molecule has 1 amide bonds. The van der Waals surface area contributed by atoms with E-state index in [-0.39, 0.29) is 5.91 Å². The summed E-state index contributed by atoms with van der Waals surface area (Å²) in [6.45, 7) is 0. The topological polar surface area (TPSA) is 54.9 Å². The molecule has 0 radical (unpaired) electrons. The van der Waals surface area contributed by atoms with Crippen molar-refractivity contribution in [3.63, 3.8) is 0 Å². The fourth-order valence-electron chi connectivity index (χ4n) is 3.49. The average molecular weight is 390 g/mol. The van der Waals surface area contributed by atoms with Crippen LogP contribution in [0, 0.1) is 0 Å². The van der Waals surface area contributed by atoms with Crippen LogP contribution in [-0.2, 0) is 4.79 Å². The molecule has 1 aliphatic rings. The Balaban J connectivity index is 1.34. The van der Waals surface area contributed by atoms with Crippen molar-refractivity contribution < 1.29 is 4.79 Å². The molecule has 4 rings (SSSR count). The second-order valence-electron chi connectivity index (χ2n) is 7.04. The van der Waals surface area contributed by atoms with E-state index in [1.165, 1.54) is 35.7 Å². The molecular weight excluding hydrogens is 366 g/mol. The van der Waals surface area contributed by atoms with E-state index in [9.17, 15) is 4.79 Å². The summed E-state index contributed by atoms with van der Waals surface area (Å²) in [6, 6.07) is 22.9. The number of nitrogens with one attached hydrogen (secondary N) is 1. The summed E-state index contributed by atoms with van der Waals surface area (Å²) in [5.41, 5.74) is 4.24. The lowest BCUT2D eigenvalue weighted by molar-refractivity contribution is -0.119. The summed E-state index contributed by atoms with van der Waals surface area (Å²) in [5, 5.41) is 12.5. The Kier molecular flexibility index (Phi) is 6.02. The molecule has 0 saturated heterocycles. The summed E-state index contributed by atoms with van der Waals surface area (Å²) in [7, 11) is 0. The number of carbonyl (C=O) groups is 1. The Labute approximate surface area is 169 Å². The van der Waals surface area contributed by atoms with E-state index in [0.29, 0.717) is 11.8 Å². The first kappa shape index (κ1) is 18.7. The van der Waals surface area contributed by atoms with Gasteiger partial charge >= 0.3 is 0 Å². The molecule has 0 unspecified atom stereocenters. The molecule has 1 fully saturated rings. The first-order chi connectivity index (χ1) is 13.8. The zero-order valence-corrected chi connectivity index (χ0v) is 16.5. The Hall–Kier alpha value is -2.66. The van der Waals surface area contributed by atoms with Gasteiger partial charge in [-0.3, -0.25) is 4.79 Å². The number of carbonyl (C=O) groups excluding carboxylic acids is 1. The van der Waals surface area contributed by atoms with Crippen molar-refractivity contribution in [1.29, 1.82) is 0 Å². The van der Waals surface area contributed by atoms with Crippen molar-refractivity contribution in [3.05, 3.63) is 66.7 Å². The van der Waals surface area contributed by atoms with Gasteiger partial charge in [-0.2, -0.15) is 0 Å². The van der Waals surface area contributed by atoms with E-state index in [2.05, 4.69) is 51.9 Å². The van der Waals surface area contributed by atoms with Gasteiger partial charge in [0.1, 0.15) is 5.03 Å². The van der Waals surface area contributed by atoms with Gasteiger partial charge in [0.2, 0.25) is 5.91 Å². The van der Waals surface area contributed by atoms with E-state index in [1.54, 1.807) is 0 Å². The van der Waals surface area contributed by atoms with Crippen LogP contribution in [0.3, 0.4) is 0 Å². The van der Waals surface area contributed by atoms with Gasteiger partial charge < -0.3 is 5.32 Å². The van der Waals surface area contributed by atoms with Crippen molar-refractivity contribution in [2.75, 3.05) is 5.75 Å². The Morgan fingerprint density at radius 3 is 2.21 bits per heavy atom. The van der Waals surface area contributed by atoms with Gasteiger partial charge in [0.05, 0.1) is 11.4 Å². The first-order valence-corrected chi connectivity index (χ1v) is 10.7. The Morgan fingerprint density at radius 2 is 1.54 bits per heavy atom. The third-order valence-corrected chi connectivity index (χ3v) is 5.92. The zero-order valence-electron chi connectivity index (χ0n) is 15.7. The minimum Gasteiger partial charge on any atom is -0.353 e. The molecule has 1 saturated carbocycles. The summed E-state index contributed by atoms with van der Waals surface area (Å²) in [4.78, 5) is 12.0. The quantitative estimate of drug-likeness (QED) is 0.605. The lowest BCUT2D eigenvalue weighted by Gasteiger charge is -2.11. The van der Waals surface area contributed by atoms with E-state index in [0.717, 1.165) is 29.1 Å². The number of hydrogen-bond donors (Lipinski definition) is 1. The van der Waals surface area contributed by atoms with Crippen LogP contribution in [0.5, 0.6) is 0 Å². The maximum Gasteiger partial charge on any atom is 0.230 e. The predicted octanol–water partition coefficient (Wildman–Crippen LogP) is 4.96. The number of hydrogen-bond acceptors (Lipinski definition) is 4. The second kappa shape index (κ2) is 9.02. The largest absolute Gasteiger partial charge is 0.353 e. The number of benzene rings is 2. The molecule has 4 nitrogen and oxygen atoms in total. The molecule has 28 heavy (non-hydrogen) atoms. The van der Waals surface area contributed by atoms with Gasteiger partial charge in [0, 0.05) is 11.6 Å². The number of nitrogens with zero attached hydrogens (tertiary/aromatic N) is 2. The number of thioether (sulfide) groups is 1. The highest BCUT2D eigenvalue weighted by Gasteiger charge is 2.17. The van der Waals surface area contributed by atoms with E-state index in [1.807, 2.05) is 30.3 Å². The molecule has 1 aromatic heterocycles. The van der Waals surface area contributed by atoms with Gasteiger partial charge in [0.15, 0.2) is 0 Å². The minimum absolute atomic E-state index is 0.0827. The van der Waals surface area contributed by atoms with Crippen molar-refractivity contribution >= 4 is 17.7 Å². The second-order valence-corrected chi connectivity index (χ2v) is 8.03. The van der Waals surface area contributed by atoms with Gasteiger partial charge in [-0.05, 0) is 36.1 Å². The van der Waals surface area contributed by atoms with Crippen LogP contribution in [0.15, 0.2) is 71.8 Å². The standard InChI is InChI=1S/C23H23N3OS/c27-22(24-20-8-4-5-9-20)16-28-23-15-14-21(25-26-23)19-12-10-18(11-13-19)17-6-2-1-3-7-17/h1-3,6-7,10-15,20H,4-5,8-9,16H2,(H,24,27). The van der Waals surface area contributed by atoms with Gasteiger partial charge in [0.25, 0.3) is 0 Å². The van der Waals surface area contributed by atoms with E-state index < -0.39 is 0 Å². The Bertz CT molecular complexity index is 905. The Morgan fingerprint density at radius 1 is 0.857 bits per heavy atom. The molecular formula is C23H23N3OS. The molecule has 1 N–H and O–H groups in total. The molecule has 0 bridgehead atoms. The molecule has 142 valence electrons. The normalized spacial score (nSPS) is 14.1. The lowest BCUT2D eigenvalue weighted by atomic mass is 10.0. The minimum atomic E-state index is 0.0827. The van der Waals surface area contributed by atoms with Crippen LogP contribution in [-0.4, -0.2) is 27.9 Å². The molecule has 0 atom stereocenters. The highest BCUT2D eigenvalue weighted by atomic mass is 32.2. The lowest BCUT2D eigenvalue weighted by Crippen LogP contribution is -2.33. The summed E-state index contributed by atoms with van der Waals surface area (Å²) < 4.78 is 0. The van der Waals surface area contributed by atoms with Gasteiger partial charge in [-0.1, -0.05) is 79.2 Å². The SMILES string of the molecule is O=C(CSc1ccc(-c2ccc(-c3ccccc3)cc2)nn1)NC1CCCC1. The molecule has 0 aliphatic heterocycles. The van der Waals surface area contributed by atoms with Crippen LogP contribution in [0.1, 0.15) is 25.7 Å². The van der Waals surface area contributed by atoms with Crippen molar-refractivity contribution in [2.24, 2.45) is 0 Å². The maximum atomic E-state index is 12.0. The number of amides is 1. The fraction of sp³-hybridized carbons (Fsp3) is 0.261. The highest BCUT2D eigenvalue weighted by Crippen LogP contribution is 2.24. The highest BCUT2D eigenvalue weighted by molar-refractivity contribution is 7.99. The van der Waals surface area contributed by atoms with Crippen LogP contribution in [0.4, 0.5) is 0 Å². The number of aromatic nitrogens is 2. The summed E-state index contributed by atoms with van der Waals surface area (Å²) >= 11 is 1.43. The van der Waals surface area contributed by atoms with E-state index in [4.69, 9.17) is 0 Å². The third kappa shape index (κ3) is 4.78. The zero-order chi connectivity index (χ0) is 19.2. The number of rotatable bonds is 6. The smallest absolute Gasteiger partial charge is 0.230 e. The predicted molar refractivity (Wildman–Crippen MR) is 114 cm³/mol. The van der Waals surface area contributed by atoms with Crippen LogP contribution >= 0.6 is 11.8 Å². The third-order valence-electron chi connectivity index (χ3n) is 5.00. The van der Waals surface area contributed by atoms with Gasteiger partial charge in [-0.15, -0.1) is 10.2 Å².